The Bertz CT molecular complexity index is 516. The fourth-order valence-electron chi connectivity index (χ4n) is 2.91. The highest BCUT2D eigenvalue weighted by Gasteiger charge is 2.43. The smallest absolute Gasteiger partial charge is 0.416 e. The molecule has 1 aromatic rings. The molecule has 6 heteroatoms. The molecule has 0 aliphatic carbocycles. The van der Waals surface area contributed by atoms with E-state index in [1.807, 2.05) is 0 Å². The summed E-state index contributed by atoms with van der Waals surface area (Å²) in [7, 11) is 0. The first-order valence-electron chi connectivity index (χ1n) is 6.37. The molecule has 0 radical (unpaired) electrons. The minimum atomic E-state index is -4.32. The van der Waals surface area contributed by atoms with Gasteiger partial charge in [-0.2, -0.15) is 13.2 Å². The predicted octanol–water partition coefficient (Wildman–Crippen LogP) is 3.95. The Morgan fingerprint density at radius 1 is 1.30 bits per heavy atom. The van der Waals surface area contributed by atoms with E-state index in [0.717, 1.165) is 30.7 Å². The van der Waals surface area contributed by atoms with Gasteiger partial charge in [-0.3, -0.25) is 0 Å². The second-order valence-electron chi connectivity index (χ2n) is 6.13. The molecule has 3 rings (SSSR count). The number of fused-ring (bicyclic) bond motifs is 3. The highest BCUT2D eigenvalue weighted by molar-refractivity contribution is 5.85. The Labute approximate surface area is 122 Å². The van der Waals surface area contributed by atoms with Crippen molar-refractivity contribution in [3.05, 3.63) is 29.3 Å². The molecule has 0 saturated carbocycles. The standard InChI is InChI=1S/C14H16F3NO.ClH/c1-13(2)6-11-12(18-7-13)9-4-3-8(14(15,16)17)5-10(9)19-11;/h3-5,11-12,18H,6-7H2,1-2H3;1H/t11-,12-;/m0./s1. The number of nitrogens with one attached hydrogen (secondary N) is 1. The summed E-state index contributed by atoms with van der Waals surface area (Å²) in [6, 6.07) is 3.80. The number of hydrogen-bond acceptors (Lipinski definition) is 2. The van der Waals surface area contributed by atoms with E-state index in [9.17, 15) is 13.2 Å². The number of halogens is 4. The number of hydrogen-bond donors (Lipinski definition) is 1. The maximum Gasteiger partial charge on any atom is 0.416 e. The van der Waals surface area contributed by atoms with Crippen LogP contribution < -0.4 is 10.1 Å². The number of ether oxygens (including phenoxy) is 1. The minimum Gasteiger partial charge on any atom is -0.488 e. The van der Waals surface area contributed by atoms with Gasteiger partial charge in [0, 0.05) is 12.1 Å². The van der Waals surface area contributed by atoms with E-state index in [2.05, 4.69) is 19.2 Å². The Morgan fingerprint density at radius 3 is 2.65 bits per heavy atom. The van der Waals surface area contributed by atoms with Crippen LogP contribution in [0.15, 0.2) is 18.2 Å². The van der Waals surface area contributed by atoms with Gasteiger partial charge in [-0.25, -0.2) is 0 Å². The fourth-order valence-corrected chi connectivity index (χ4v) is 2.91. The SMILES string of the molecule is CC1(C)CN[C@H]2c3ccc(C(F)(F)F)cc3O[C@H]2C1.Cl. The van der Waals surface area contributed by atoms with Crippen molar-refractivity contribution in [3.63, 3.8) is 0 Å². The number of alkyl halides is 3. The van der Waals surface area contributed by atoms with Crippen LogP contribution in [0.2, 0.25) is 0 Å². The molecule has 1 saturated heterocycles. The molecule has 2 heterocycles. The van der Waals surface area contributed by atoms with Gasteiger partial charge in [0.2, 0.25) is 0 Å². The van der Waals surface area contributed by atoms with E-state index in [4.69, 9.17) is 4.74 Å². The van der Waals surface area contributed by atoms with Gasteiger partial charge in [0.25, 0.3) is 0 Å². The van der Waals surface area contributed by atoms with Crippen molar-refractivity contribution < 1.29 is 17.9 Å². The van der Waals surface area contributed by atoms with Crippen molar-refractivity contribution in [2.24, 2.45) is 5.41 Å². The largest absolute Gasteiger partial charge is 0.488 e. The molecular formula is C14H17ClF3NO. The van der Waals surface area contributed by atoms with Crippen molar-refractivity contribution >= 4 is 12.4 Å². The zero-order chi connectivity index (χ0) is 13.8. The molecule has 0 unspecified atom stereocenters. The molecule has 1 aromatic carbocycles. The van der Waals surface area contributed by atoms with Crippen LogP contribution in [0.4, 0.5) is 13.2 Å². The molecule has 2 atom stereocenters. The first kappa shape index (κ1) is 15.4. The van der Waals surface area contributed by atoms with Crippen molar-refractivity contribution in [1.82, 2.24) is 5.32 Å². The Balaban J connectivity index is 0.00000147. The number of rotatable bonds is 0. The van der Waals surface area contributed by atoms with Gasteiger partial charge in [0.05, 0.1) is 11.6 Å². The normalized spacial score (nSPS) is 27.1. The zero-order valence-corrected chi connectivity index (χ0v) is 12.1. The summed E-state index contributed by atoms with van der Waals surface area (Å²) in [4.78, 5) is 0. The summed E-state index contributed by atoms with van der Waals surface area (Å²) in [5.41, 5.74) is 0.299. The number of piperidine rings is 1. The molecule has 2 aliphatic heterocycles. The van der Waals surface area contributed by atoms with Gasteiger partial charge < -0.3 is 10.1 Å². The van der Waals surface area contributed by atoms with E-state index in [0.29, 0.717) is 5.75 Å². The first-order chi connectivity index (χ1) is 8.76. The summed E-state index contributed by atoms with van der Waals surface area (Å²) in [5.74, 6) is 0.370. The van der Waals surface area contributed by atoms with Crippen molar-refractivity contribution in [2.75, 3.05) is 6.54 Å². The third kappa shape index (κ3) is 2.61. The molecule has 20 heavy (non-hydrogen) atoms. The summed E-state index contributed by atoms with van der Waals surface area (Å²) in [5, 5.41) is 3.38. The quantitative estimate of drug-likeness (QED) is 0.783. The molecule has 2 nitrogen and oxygen atoms in total. The van der Waals surface area contributed by atoms with E-state index in [1.165, 1.54) is 6.07 Å². The fraction of sp³-hybridized carbons (Fsp3) is 0.571. The molecule has 0 bridgehead atoms. The van der Waals surface area contributed by atoms with Gasteiger partial charge in [0.1, 0.15) is 11.9 Å². The molecule has 1 N–H and O–H groups in total. The average Bonchev–Trinajstić information content (AvgIpc) is 2.61. The topological polar surface area (TPSA) is 21.3 Å². The van der Waals surface area contributed by atoms with Crippen molar-refractivity contribution in [2.45, 2.75) is 38.6 Å². The first-order valence-corrected chi connectivity index (χ1v) is 6.37. The van der Waals surface area contributed by atoms with Crippen LogP contribution in [0.3, 0.4) is 0 Å². The minimum absolute atomic E-state index is 0. The van der Waals surface area contributed by atoms with Gasteiger partial charge in [-0.15, -0.1) is 12.4 Å². The van der Waals surface area contributed by atoms with E-state index < -0.39 is 11.7 Å². The van der Waals surface area contributed by atoms with Gasteiger partial charge in [-0.05, 0) is 24.0 Å². The second-order valence-corrected chi connectivity index (χ2v) is 6.13. The van der Waals surface area contributed by atoms with Crippen LogP contribution in [0.25, 0.3) is 0 Å². The molecule has 0 amide bonds. The summed E-state index contributed by atoms with van der Waals surface area (Å²) >= 11 is 0. The Kier molecular flexibility index (Phi) is 3.71. The lowest BCUT2D eigenvalue weighted by atomic mass is 9.80. The predicted molar refractivity (Wildman–Crippen MR) is 72.2 cm³/mol. The van der Waals surface area contributed by atoms with E-state index in [1.54, 1.807) is 0 Å². The number of benzene rings is 1. The highest BCUT2D eigenvalue weighted by atomic mass is 35.5. The van der Waals surface area contributed by atoms with Crippen LogP contribution >= 0.6 is 12.4 Å². The van der Waals surface area contributed by atoms with Gasteiger partial charge >= 0.3 is 6.18 Å². The Hall–Kier alpha value is -0.940. The van der Waals surface area contributed by atoms with Crippen LogP contribution in [0.1, 0.15) is 37.4 Å². The molecule has 2 aliphatic rings. The lowest BCUT2D eigenvalue weighted by molar-refractivity contribution is -0.137. The van der Waals surface area contributed by atoms with E-state index in [-0.39, 0.29) is 30.0 Å². The highest BCUT2D eigenvalue weighted by Crippen LogP contribution is 2.45. The average molecular weight is 308 g/mol. The Morgan fingerprint density at radius 2 is 2.00 bits per heavy atom. The van der Waals surface area contributed by atoms with Crippen LogP contribution in [0, 0.1) is 5.41 Å². The third-order valence-electron chi connectivity index (χ3n) is 3.88. The monoisotopic (exact) mass is 307 g/mol. The third-order valence-corrected chi connectivity index (χ3v) is 3.88. The molecular weight excluding hydrogens is 291 g/mol. The molecule has 0 spiro atoms. The molecule has 112 valence electrons. The lowest BCUT2D eigenvalue weighted by Crippen LogP contribution is -2.46. The van der Waals surface area contributed by atoms with Crippen molar-refractivity contribution in [1.29, 1.82) is 0 Å². The summed E-state index contributed by atoms with van der Waals surface area (Å²) < 4.78 is 43.8. The second kappa shape index (κ2) is 4.81. The lowest BCUT2D eigenvalue weighted by Gasteiger charge is -2.37. The molecule has 1 fully saturated rings. The van der Waals surface area contributed by atoms with Gasteiger partial charge in [0.15, 0.2) is 0 Å². The maximum atomic E-state index is 12.7. The van der Waals surface area contributed by atoms with E-state index >= 15 is 0 Å². The van der Waals surface area contributed by atoms with Crippen LogP contribution in [0.5, 0.6) is 5.75 Å². The summed E-state index contributed by atoms with van der Waals surface area (Å²) in [6.07, 6.45) is -3.54. The van der Waals surface area contributed by atoms with Crippen LogP contribution in [-0.4, -0.2) is 12.6 Å². The van der Waals surface area contributed by atoms with Crippen LogP contribution in [-0.2, 0) is 6.18 Å². The summed E-state index contributed by atoms with van der Waals surface area (Å²) in [6.45, 7) is 5.10. The zero-order valence-electron chi connectivity index (χ0n) is 11.3. The van der Waals surface area contributed by atoms with Gasteiger partial charge in [-0.1, -0.05) is 19.9 Å². The van der Waals surface area contributed by atoms with Crippen molar-refractivity contribution in [3.8, 4) is 5.75 Å². The maximum absolute atomic E-state index is 12.7. The molecule has 0 aromatic heterocycles.